The van der Waals surface area contributed by atoms with Gasteiger partial charge in [-0.15, -0.1) is 0 Å². The van der Waals surface area contributed by atoms with Crippen molar-refractivity contribution in [1.82, 2.24) is 0 Å². The standard InChI is InChI=1S/C36H36O9/c1-19-28(41-5)17-32(43-7)34-27(37)16-30(44-35(19)34)25-15-26-31(18-29(25)42-6)45-36(20-8-10-22(38-2)11-9-20)33(26)21-12-23(39-3)14-24(13-21)40-4/h8-15,17-18,30,33,36H,16H2,1-7H3/t30-,33+,36+/m0/s1. The van der Waals surface area contributed by atoms with Gasteiger partial charge in [0.1, 0.15) is 63.8 Å². The van der Waals surface area contributed by atoms with E-state index in [9.17, 15) is 4.79 Å². The Bertz CT molecular complexity index is 1720. The van der Waals surface area contributed by atoms with E-state index in [4.69, 9.17) is 37.9 Å². The van der Waals surface area contributed by atoms with Crippen LogP contribution in [0.5, 0.6) is 46.0 Å². The van der Waals surface area contributed by atoms with Gasteiger partial charge in [0.15, 0.2) is 5.78 Å². The number of hydrogen-bond acceptors (Lipinski definition) is 9. The molecule has 3 atom stereocenters. The van der Waals surface area contributed by atoms with Gasteiger partial charge in [-0.2, -0.15) is 0 Å². The predicted molar refractivity (Wildman–Crippen MR) is 167 cm³/mol. The molecule has 6 rings (SSSR count). The fraction of sp³-hybridized carbons (Fsp3) is 0.306. The summed E-state index contributed by atoms with van der Waals surface area (Å²) in [4.78, 5) is 13.6. The normalized spacial score (nSPS) is 18.2. The number of Topliss-reactive ketones (excluding diaryl/α,β-unsaturated/α-hetero) is 1. The van der Waals surface area contributed by atoms with Crippen LogP contribution in [0.25, 0.3) is 0 Å². The SMILES string of the molecule is COc1ccc([C@H]2Oc3cc(OC)c([C@@H]4CC(=O)c5c(OC)cc(OC)c(C)c5O4)cc3[C@H]2c2cc(OC)cc(OC)c2)cc1. The summed E-state index contributed by atoms with van der Waals surface area (Å²) in [6.45, 7) is 1.87. The third-order valence-electron chi connectivity index (χ3n) is 8.57. The van der Waals surface area contributed by atoms with Crippen LogP contribution in [0.15, 0.2) is 60.7 Å². The van der Waals surface area contributed by atoms with Gasteiger partial charge in [0.2, 0.25) is 0 Å². The Balaban J connectivity index is 1.50. The molecule has 2 heterocycles. The molecule has 4 aromatic rings. The first-order valence-corrected chi connectivity index (χ1v) is 14.5. The van der Waals surface area contributed by atoms with Crippen LogP contribution in [0, 0.1) is 6.92 Å². The Morgan fingerprint density at radius 2 is 1.27 bits per heavy atom. The van der Waals surface area contributed by atoms with Crippen LogP contribution in [0.1, 0.15) is 62.7 Å². The molecular weight excluding hydrogens is 576 g/mol. The van der Waals surface area contributed by atoms with Crippen LogP contribution < -0.4 is 37.9 Å². The molecule has 0 fully saturated rings. The summed E-state index contributed by atoms with van der Waals surface area (Å²) < 4.78 is 46.9. The molecule has 234 valence electrons. The maximum absolute atomic E-state index is 13.6. The smallest absolute Gasteiger partial charge is 0.174 e. The first-order chi connectivity index (χ1) is 21.8. The maximum atomic E-state index is 13.6. The first kappa shape index (κ1) is 30.0. The van der Waals surface area contributed by atoms with Gasteiger partial charge in [0.05, 0.1) is 55.0 Å². The van der Waals surface area contributed by atoms with Gasteiger partial charge in [0, 0.05) is 34.9 Å². The lowest BCUT2D eigenvalue weighted by molar-refractivity contribution is 0.0839. The highest BCUT2D eigenvalue weighted by Gasteiger charge is 2.41. The largest absolute Gasteiger partial charge is 0.497 e. The van der Waals surface area contributed by atoms with E-state index < -0.39 is 6.10 Å². The average Bonchev–Trinajstić information content (AvgIpc) is 3.46. The average molecular weight is 613 g/mol. The van der Waals surface area contributed by atoms with Crippen molar-refractivity contribution in [3.05, 3.63) is 94.0 Å². The summed E-state index contributed by atoms with van der Waals surface area (Å²) in [6, 6.07) is 19.3. The van der Waals surface area contributed by atoms with Crippen LogP contribution >= 0.6 is 0 Å². The zero-order valence-corrected chi connectivity index (χ0v) is 26.4. The van der Waals surface area contributed by atoms with Gasteiger partial charge < -0.3 is 37.9 Å². The van der Waals surface area contributed by atoms with E-state index in [0.717, 1.165) is 33.6 Å². The van der Waals surface area contributed by atoms with E-state index in [1.807, 2.05) is 61.5 Å². The minimum Gasteiger partial charge on any atom is -0.497 e. The summed E-state index contributed by atoms with van der Waals surface area (Å²) in [6.07, 6.45) is -0.903. The summed E-state index contributed by atoms with van der Waals surface area (Å²) in [5.74, 6) is 4.39. The molecule has 0 amide bonds. The van der Waals surface area contributed by atoms with E-state index in [1.165, 1.54) is 7.11 Å². The maximum Gasteiger partial charge on any atom is 0.174 e. The molecule has 2 aliphatic heterocycles. The van der Waals surface area contributed by atoms with Crippen LogP contribution in [-0.4, -0.2) is 48.4 Å². The van der Waals surface area contributed by atoms with Gasteiger partial charge in [0.25, 0.3) is 0 Å². The van der Waals surface area contributed by atoms with Gasteiger partial charge in [-0.05, 0) is 48.4 Å². The van der Waals surface area contributed by atoms with Crippen LogP contribution in [0.3, 0.4) is 0 Å². The number of hydrogen-bond donors (Lipinski definition) is 0. The molecule has 2 aliphatic rings. The lowest BCUT2D eigenvalue weighted by Crippen LogP contribution is -2.23. The molecule has 0 saturated heterocycles. The number of ketones is 1. The van der Waals surface area contributed by atoms with Crippen molar-refractivity contribution in [2.24, 2.45) is 0 Å². The van der Waals surface area contributed by atoms with Crippen LogP contribution in [0.4, 0.5) is 0 Å². The van der Waals surface area contributed by atoms with Crippen molar-refractivity contribution < 1.29 is 42.7 Å². The van der Waals surface area contributed by atoms with Gasteiger partial charge in [-0.25, -0.2) is 0 Å². The predicted octanol–water partition coefficient (Wildman–Crippen LogP) is 7.02. The molecule has 0 aromatic heterocycles. The summed E-state index contributed by atoms with van der Waals surface area (Å²) in [5.41, 5.74) is 4.69. The van der Waals surface area contributed by atoms with Crippen LogP contribution in [-0.2, 0) is 0 Å². The van der Waals surface area contributed by atoms with E-state index in [0.29, 0.717) is 45.8 Å². The summed E-state index contributed by atoms with van der Waals surface area (Å²) in [5, 5.41) is 0. The molecule has 0 N–H and O–H groups in total. The highest BCUT2D eigenvalue weighted by molar-refractivity contribution is 6.03. The minimum absolute atomic E-state index is 0.0900. The molecule has 45 heavy (non-hydrogen) atoms. The van der Waals surface area contributed by atoms with Gasteiger partial charge >= 0.3 is 0 Å². The molecule has 9 heteroatoms. The second-order valence-electron chi connectivity index (χ2n) is 10.9. The molecule has 0 saturated carbocycles. The molecule has 0 radical (unpaired) electrons. The van der Waals surface area contributed by atoms with Crippen molar-refractivity contribution in [3.63, 3.8) is 0 Å². The lowest BCUT2D eigenvalue weighted by Gasteiger charge is -2.30. The second-order valence-corrected chi connectivity index (χ2v) is 10.9. The second kappa shape index (κ2) is 12.1. The van der Waals surface area contributed by atoms with Crippen molar-refractivity contribution in [3.8, 4) is 46.0 Å². The number of fused-ring (bicyclic) bond motifs is 2. The monoisotopic (exact) mass is 612 g/mol. The quantitative estimate of drug-likeness (QED) is 0.198. The van der Waals surface area contributed by atoms with Gasteiger partial charge in [-0.3, -0.25) is 4.79 Å². The highest BCUT2D eigenvalue weighted by atomic mass is 16.5. The van der Waals surface area contributed by atoms with Crippen molar-refractivity contribution >= 4 is 5.78 Å². The Labute approximate surface area is 262 Å². The number of carbonyl (C=O) groups excluding carboxylic acids is 1. The van der Waals surface area contributed by atoms with E-state index in [1.54, 1.807) is 41.6 Å². The summed E-state index contributed by atoms with van der Waals surface area (Å²) in [7, 11) is 9.60. The fourth-order valence-electron chi connectivity index (χ4n) is 6.28. The Hall–Kier alpha value is -5.05. The molecule has 0 aliphatic carbocycles. The Morgan fingerprint density at radius 1 is 0.622 bits per heavy atom. The highest BCUT2D eigenvalue weighted by Crippen LogP contribution is 2.54. The molecule has 9 nitrogen and oxygen atoms in total. The van der Waals surface area contributed by atoms with E-state index in [-0.39, 0.29) is 24.2 Å². The fourth-order valence-corrected chi connectivity index (χ4v) is 6.28. The van der Waals surface area contributed by atoms with Crippen molar-refractivity contribution in [2.45, 2.75) is 31.5 Å². The first-order valence-electron chi connectivity index (χ1n) is 14.5. The molecule has 0 spiro atoms. The number of methoxy groups -OCH3 is 6. The minimum atomic E-state index is -0.624. The molecule has 0 bridgehead atoms. The molecule has 0 unspecified atom stereocenters. The van der Waals surface area contributed by atoms with Crippen LogP contribution in [0.2, 0.25) is 0 Å². The third kappa shape index (κ3) is 5.22. The van der Waals surface area contributed by atoms with Crippen molar-refractivity contribution in [2.75, 3.05) is 42.7 Å². The number of ether oxygens (including phenoxy) is 8. The molecular formula is C36H36O9. The Morgan fingerprint density at radius 3 is 1.87 bits per heavy atom. The third-order valence-corrected chi connectivity index (χ3v) is 8.57. The van der Waals surface area contributed by atoms with Crippen molar-refractivity contribution in [1.29, 1.82) is 0 Å². The number of rotatable bonds is 9. The zero-order chi connectivity index (χ0) is 31.8. The Kier molecular flexibility index (Phi) is 8.10. The summed E-state index contributed by atoms with van der Waals surface area (Å²) >= 11 is 0. The van der Waals surface area contributed by atoms with Gasteiger partial charge in [-0.1, -0.05) is 12.1 Å². The molecule has 4 aromatic carbocycles. The van der Waals surface area contributed by atoms with E-state index in [2.05, 4.69) is 0 Å². The van der Waals surface area contributed by atoms with E-state index >= 15 is 0 Å². The number of benzene rings is 4. The number of carbonyl (C=O) groups is 1. The topological polar surface area (TPSA) is 90.9 Å². The lowest BCUT2D eigenvalue weighted by atomic mass is 9.83. The zero-order valence-electron chi connectivity index (χ0n) is 26.4.